The van der Waals surface area contributed by atoms with Crippen molar-refractivity contribution in [3.8, 4) is 0 Å². The summed E-state index contributed by atoms with van der Waals surface area (Å²) in [5.74, 6) is 0.840. The lowest BCUT2D eigenvalue weighted by molar-refractivity contribution is -0.141. The summed E-state index contributed by atoms with van der Waals surface area (Å²) >= 11 is 3.47. The highest BCUT2D eigenvalue weighted by molar-refractivity contribution is 8.14. The van der Waals surface area contributed by atoms with Gasteiger partial charge in [-0.1, -0.05) is 30.3 Å². The molecule has 1 N–H and O–H groups in total. The van der Waals surface area contributed by atoms with Crippen LogP contribution in [0.3, 0.4) is 0 Å². The van der Waals surface area contributed by atoms with Gasteiger partial charge in [-0.2, -0.15) is 0 Å². The molecular formula is C14H16N2O2S2. The van der Waals surface area contributed by atoms with Crippen molar-refractivity contribution >= 4 is 34.5 Å². The molecule has 0 unspecified atom stereocenters. The third-order valence-corrected chi connectivity index (χ3v) is 6.25. The third-order valence-electron chi connectivity index (χ3n) is 3.63. The average Bonchev–Trinajstić information content (AvgIpc) is 3.06. The number of hydrogen-bond donors (Lipinski definition) is 1. The van der Waals surface area contributed by atoms with Crippen LogP contribution in [-0.2, 0) is 4.79 Å². The van der Waals surface area contributed by atoms with Gasteiger partial charge in [0.1, 0.15) is 6.04 Å². The Hall–Kier alpha value is -0.980. The van der Waals surface area contributed by atoms with Crippen LogP contribution in [0.25, 0.3) is 0 Å². The molecule has 1 aromatic carbocycles. The summed E-state index contributed by atoms with van der Waals surface area (Å²) in [6.45, 7) is 0. The lowest BCUT2D eigenvalue weighted by atomic mass is 10.2. The van der Waals surface area contributed by atoms with Gasteiger partial charge < -0.3 is 5.11 Å². The van der Waals surface area contributed by atoms with Crippen molar-refractivity contribution in [1.82, 2.24) is 4.90 Å². The van der Waals surface area contributed by atoms with Crippen molar-refractivity contribution in [3.05, 3.63) is 35.9 Å². The van der Waals surface area contributed by atoms with Gasteiger partial charge in [-0.15, -0.1) is 23.5 Å². The first-order valence-corrected chi connectivity index (χ1v) is 8.52. The summed E-state index contributed by atoms with van der Waals surface area (Å²) < 4.78 is 0. The van der Waals surface area contributed by atoms with Crippen molar-refractivity contribution < 1.29 is 9.90 Å². The molecule has 3 atom stereocenters. The van der Waals surface area contributed by atoms with Gasteiger partial charge in [-0.05, 0) is 7.05 Å². The van der Waals surface area contributed by atoms with Gasteiger partial charge >= 0.3 is 5.97 Å². The van der Waals surface area contributed by atoms with E-state index >= 15 is 0 Å². The Morgan fingerprint density at radius 3 is 2.75 bits per heavy atom. The standard InChI is InChI=1S/C14H16N2O2S2/c1-16-11(14(17)18)8-20-13(16)10-7-19-12(15-10)9-5-3-2-4-6-9/h2-6,10-11,13H,7-8H2,1H3,(H,17,18)/t10-,11+,13-/m0/s1. The maximum atomic E-state index is 11.2. The molecule has 2 aliphatic heterocycles. The van der Waals surface area contributed by atoms with Crippen LogP contribution in [-0.4, -0.2) is 57.0 Å². The predicted molar refractivity (Wildman–Crippen MR) is 84.7 cm³/mol. The highest BCUT2D eigenvalue weighted by Gasteiger charge is 2.41. The van der Waals surface area contributed by atoms with E-state index in [4.69, 9.17) is 4.99 Å². The molecule has 0 aliphatic carbocycles. The molecule has 106 valence electrons. The fourth-order valence-corrected chi connectivity index (χ4v) is 5.24. The lowest BCUT2D eigenvalue weighted by Crippen LogP contribution is -2.42. The Labute approximate surface area is 126 Å². The average molecular weight is 308 g/mol. The number of rotatable bonds is 3. The van der Waals surface area contributed by atoms with E-state index in [2.05, 4.69) is 12.1 Å². The fraction of sp³-hybridized carbons (Fsp3) is 0.429. The second-order valence-corrected chi connectivity index (χ2v) is 7.08. The quantitative estimate of drug-likeness (QED) is 0.926. The number of carbonyl (C=O) groups is 1. The Kier molecular flexibility index (Phi) is 4.05. The first-order chi connectivity index (χ1) is 9.66. The maximum Gasteiger partial charge on any atom is 0.321 e. The molecule has 20 heavy (non-hydrogen) atoms. The zero-order valence-electron chi connectivity index (χ0n) is 11.1. The monoisotopic (exact) mass is 308 g/mol. The smallest absolute Gasteiger partial charge is 0.321 e. The number of thioether (sulfide) groups is 2. The highest BCUT2D eigenvalue weighted by Crippen LogP contribution is 2.36. The summed E-state index contributed by atoms with van der Waals surface area (Å²) in [7, 11) is 1.89. The van der Waals surface area contributed by atoms with Gasteiger partial charge in [-0.25, -0.2) is 0 Å². The number of nitrogens with zero attached hydrogens (tertiary/aromatic N) is 2. The number of carboxylic acids is 1. The summed E-state index contributed by atoms with van der Waals surface area (Å²) in [6.07, 6.45) is 0. The van der Waals surface area contributed by atoms with Crippen LogP contribution < -0.4 is 0 Å². The van der Waals surface area contributed by atoms with Crippen LogP contribution in [0, 0.1) is 0 Å². The molecule has 4 nitrogen and oxygen atoms in total. The van der Waals surface area contributed by atoms with Crippen LogP contribution in [0.2, 0.25) is 0 Å². The molecule has 0 saturated carbocycles. The second kappa shape index (κ2) is 5.79. The van der Waals surface area contributed by atoms with E-state index in [1.54, 1.807) is 23.5 Å². The van der Waals surface area contributed by atoms with Gasteiger partial charge in [0.15, 0.2) is 0 Å². The van der Waals surface area contributed by atoms with Crippen molar-refractivity contribution in [2.24, 2.45) is 4.99 Å². The number of likely N-dealkylation sites (N-methyl/N-ethyl adjacent to an activating group) is 1. The normalized spacial score (nSPS) is 30.4. The molecule has 1 fully saturated rings. The summed E-state index contributed by atoms with van der Waals surface area (Å²) in [5.41, 5.74) is 1.15. The van der Waals surface area contributed by atoms with Crippen molar-refractivity contribution in [3.63, 3.8) is 0 Å². The van der Waals surface area contributed by atoms with Crippen molar-refractivity contribution in [1.29, 1.82) is 0 Å². The number of aliphatic carboxylic acids is 1. The van der Waals surface area contributed by atoms with E-state index < -0.39 is 5.97 Å². The Morgan fingerprint density at radius 1 is 1.35 bits per heavy atom. The van der Waals surface area contributed by atoms with E-state index in [9.17, 15) is 9.90 Å². The van der Waals surface area contributed by atoms with Gasteiger partial charge in [0, 0.05) is 17.1 Å². The molecule has 2 aliphatic rings. The zero-order valence-corrected chi connectivity index (χ0v) is 12.7. The van der Waals surface area contributed by atoms with Crippen molar-refractivity contribution in [2.75, 3.05) is 18.6 Å². The van der Waals surface area contributed by atoms with E-state index in [0.717, 1.165) is 16.4 Å². The predicted octanol–water partition coefficient (Wildman–Crippen LogP) is 2.01. The van der Waals surface area contributed by atoms with Gasteiger partial charge in [0.05, 0.1) is 16.5 Å². The minimum atomic E-state index is -0.736. The molecule has 2 heterocycles. The van der Waals surface area contributed by atoms with Gasteiger partial charge in [0.2, 0.25) is 0 Å². The second-order valence-electron chi connectivity index (χ2n) is 4.92. The summed E-state index contributed by atoms with van der Waals surface area (Å²) in [6, 6.07) is 9.96. The highest BCUT2D eigenvalue weighted by atomic mass is 32.2. The van der Waals surface area contributed by atoms with Crippen molar-refractivity contribution in [2.45, 2.75) is 17.5 Å². The number of hydrogen-bond acceptors (Lipinski definition) is 5. The molecule has 1 aromatic rings. The molecule has 0 radical (unpaired) electrons. The van der Waals surface area contributed by atoms with E-state index in [1.807, 2.05) is 30.1 Å². The molecular weight excluding hydrogens is 292 g/mol. The molecule has 6 heteroatoms. The molecule has 0 amide bonds. The van der Waals surface area contributed by atoms with E-state index in [-0.39, 0.29) is 17.5 Å². The van der Waals surface area contributed by atoms with Crippen LogP contribution in [0.15, 0.2) is 35.3 Å². The summed E-state index contributed by atoms with van der Waals surface area (Å²) in [4.78, 5) is 17.9. The minimum Gasteiger partial charge on any atom is -0.480 e. The van der Waals surface area contributed by atoms with E-state index in [0.29, 0.717) is 5.75 Å². The Morgan fingerprint density at radius 2 is 2.10 bits per heavy atom. The van der Waals surface area contributed by atoms with Crippen LogP contribution in [0.5, 0.6) is 0 Å². The Balaban J connectivity index is 1.74. The van der Waals surface area contributed by atoms with Gasteiger partial charge in [-0.3, -0.25) is 14.7 Å². The topological polar surface area (TPSA) is 52.9 Å². The maximum absolute atomic E-state index is 11.2. The zero-order chi connectivity index (χ0) is 14.1. The van der Waals surface area contributed by atoms with E-state index in [1.165, 1.54) is 0 Å². The molecule has 3 rings (SSSR count). The summed E-state index contributed by atoms with van der Waals surface area (Å²) in [5, 5.41) is 10.4. The van der Waals surface area contributed by atoms with Crippen LogP contribution in [0.4, 0.5) is 0 Å². The SMILES string of the molecule is CN1[C@@H](C(=O)O)CS[C@H]1[C@@H]1CSC(c2ccccc2)=N1. The fourth-order valence-electron chi connectivity index (χ4n) is 2.50. The van der Waals surface area contributed by atoms with Gasteiger partial charge in [0.25, 0.3) is 0 Å². The molecule has 0 bridgehead atoms. The van der Waals surface area contributed by atoms with Crippen LogP contribution in [0.1, 0.15) is 5.56 Å². The largest absolute Gasteiger partial charge is 0.480 e. The molecule has 0 spiro atoms. The van der Waals surface area contributed by atoms with Crippen LogP contribution >= 0.6 is 23.5 Å². The third kappa shape index (κ3) is 2.60. The minimum absolute atomic E-state index is 0.171. The lowest BCUT2D eigenvalue weighted by Gasteiger charge is -2.24. The molecule has 0 aromatic heterocycles. The number of aliphatic imine (C=N–C) groups is 1. The number of carboxylic acid groups (broad SMARTS) is 1. The Bertz CT molecular complexity index is 535. The first kappa shape index (κ1) is 14.0. The number of benzene rings is 1. The first-order valence-electron chi connectivity index (χ1n) is 6.49. The molecule has 1 saturated heterocycles.